The number of para-hydroxylation sites is 2. The fraction of sp³-hybridized carbons (Fsp3) is 0. The Kier molecular flexibility index (Phi) is 3.48. The van der Waals surface area contributed by atoms with Gasteiger partial charge in [-0.2, -0.15) is 0 Å². The third-order valence-electron chi connectivity index (χ3n) is 2.83. The SMILES string of the molecule is O=[N+]([O-])O[Te]1(O[N+](=O)[O-])c2ccccc2Oc2ccccc21. The van der Waals surface area contributed by atoms with Crippen LogP contribution in [-0.4, -0.2) is 29.2 Å². The average Bonchev–Trinajstić information content (AvgIpc) is 2.46. The van der Waals surface area contributed by atoms with Crippen LogP contribution in [0.1, 0.15) is 0 Å². The molecular weight excluding hydrogens is 412 g/mol. The van der Waals surface area contributed by atoms with E-state index in [0.717, 1.165) is 0 Å². The molecule has 10 heteroatoms. The zero-order valence-corrected chi connectivity index (χ0v) is 13.1. The first-order valence-corrected chi connectivity index (χ1v) is 10.1. The Balaban J connectivity index is 2.30. The number of fused-ring (bicyclic) bond motifs is 2. The van der Waals surface area contributed by atoms with E-state index in [1.165, 1.54) is 12.1 Å². The molecule has 9 nitrogen and oxygen atoms in total. The van der Waals surface area contributed by atoms with Crippen molar-refractivity contribution in [2.75, 3.05) is 0 Å². The van der Waals surface area contributed by atoms with Gasteiger partial charge in [-0.1, -0.05) is 0 Å². The van der Waals surface area contributed by atoms with E-state index in [4.69, 9.17) is 11.1 Å². The van der Waals surface area contributed by atoms with E-state index in [9.17, 15) is 20.2 Å². The summed E-state index contributed by atoms with van der Waals surface area (Å²) in [5.74, 6) is 0.511. The maximum atomic E-state index is 11.0. The molecule has 0 unspecified atom stereocenters. The molecule has 0 bridgehead atoms. The van der Waals surface area contributed by atoms with Crippen LogP contribution in [0.4, 0.5) is 0 Å². The van der Waals surface area contributed by atoms with Crippen LogP contribution in [0, 0.1) is 20.2 Å². The quantitative estimate of drug-likeness (QED) is 0.408. The molecule has 22 heavy (non-hydrogen) atoms. The zero-order valence-electron chi connectivity index (χ0n) is 10.8. The molecule has 0 aromatic heterocycles. The molecule has 0 saturated heterocycles. The molecule has 1 heterocycles. The Morgan fingerprint density at radius 2 is 1.23 bits per heavy atom. The van der Waals surface area contributed by atoms with Crippen molar-refractivity contribution in [3.8, 4) is 11.5 Å². The van der Waals surface area contributed by atoms with E-state index in [1.54, 1.807) is 36.4 Å². The van der Waals surface area contributed by atoms with Crippen molar-refractivity contribution in [2.24, 2.45) is 0 Å². The molecule has 2 aromatic carbocycles. The Labute approximate surface area is 128 Å². The summed E-state index contributed by atoms with van der Waals surface area (Å²) >= 11 is -4.85. The van der Waals surface area contributed by atoms with Crippen molar-refractivity contribution in [1.82, 2.24) is 0 Å². The van der Waals surface area contributed by atoms with E-state index in [-0.39, 0.29) is 18.7 Å². The Morgan fingerprint density at radius 3 is 1.64 bits per heavy atom. The summed E-state index contributed by atoms with van der Waals surface area (Å²) in [6.07, 6.45) is 0. The van der Waals surface area contributed by atoms with Crippen molar-refractivity contribution < 1.29 is 21.3 Å². The minimum atomic E-state index is -4.85. The summed E-state index contributed by atoms with van der Waals surface area (Å²) < 4.78 is 15.7. The second-order valence-corrected chi connectivity index (χ2v) is 10.3. The van der Waals surface area contributed by atoms with Gasteiger partial charge in [0.2, 0.25) is 0 Å². The molecule has 0 amide bonds. The van der Waals surface area contributed by atoms with Gasteiger partial charge in [-0.3, -0.25) is 0 Å². The van der Waals surface area contributed by atoms with Gasteiger partial charge < -0.3 is 0 Å². The van der Waals surface area contributed by atoms with Gasteiger partial charge >= 0.3 is 128 Å². The van der Waals surface area contributed by atoms with Crippen LogP contribution in [0.2, 0.25) is 0 Å². The summed E-state index contributed by atoms with van der Waals surface area (Å²) in [4.78, 5) is 21.9. The Hall–Kier alpha value is -2.57. The summed E-state index contributed by atoms with van der Waals surface area (Å²) in [5.41, 5.74) is 0. The first-order chi connectivity index (χ1) is 10.5. The van der Waals surface area contributed by atoms with Crippen LogP contribution in [0.15, 0.2) is 48.5 Å². The van der Waals surface area contributed by atoms with Crippen LogP contribution in [0.5, 0.6) is 11.5 Å². The predicted molar refractivity (Wildman–Crippen MR) is 74.1 cm³/mol. The van der Waals surface area contributed by atoms with Gasteiger partial charge in [0.15, 0.2) is 0 Å². The Bertz CT molecular complexity index is 703. The second-order valence-electron chi connectivity index (χ2n) is 4.10. The molecular formula is C12H8N2O7Te. The van der Waals surface area contributed by atoms with Gasteiger partial charge in [0, 0.05) is 0 Å². The standard InChI is InChI=1S/C12H8N2O7Te/c15-13(16)20-22(21-14(17)18)11-7-3-1-5-9(11)19-10-6-2-4-8-12(10)22/h1-8H. The topological polar surface area (TPSA) is 114 Å². The molecule has 1 aliphatic heterocycles. The van der Waals surface area contributed by atoms with Crippen molar-refractivity contribution >= 4 is 26.2 Å². The summed E-state index contributed by atoms with van der Waals surface area (Å²) in [5, 5.41) is 19.8. The molecule has 2 aromatic rings. The second kappa shape index (κ2) is 5.32. The number of rotatable bonds is 4. The molecule has 0 atom stereocenters. The molecule has 0 N–H and O–H groups in total. The van der Waals surface area contributed by atoms with Crippen LogP contribution >= 0.6 is 0 Å². The fourth-order valence-corrected chi connectivity index (χ4v) is 8.35. The number of hydrogen-bond acceptors (Lipinski definition) is 7. The van der Waals surface area contributed by atoms with E-state index < -0.39 is 29.2 Å². The van der Waals surface area contributed by atoms with Crippen LogP contribution < -0.4 is 12.0 Å². The van der Waals surface area contributed by atoms with Gasteiger partial charge in [-0.05, 0) is 0 Å². The molecule has 0 aliphatic carbocycles. The summed E-state index contributed by atoms with van der Waals surface area (Å²) in [6.45, 7) is 0. The monoisotopic (exact) mass is 422 g/mol. The number of nitrogens with zero attached hydrogens (tertiary/aromatic N) is 2. The Morgan fingerprint density at radius 1 is 0.818 bits per heavy atom. The molecule has 114 valence electrons. The zero-order chi connectivity index (χ0) is 15.7. The van der Waals surface area contributed by atoms with Crippen LogP contribution in [0.3, 0.4) is 0 Å². The normalized spacial score (nSPS) is 15.5. The molecule has 1 aliphatic rings. The average molecular weight is 420 g/mol. The molecule has 0 radical (unpaired) electrons. The van der Waals surface area contributed by atoms with Crippen LogP contribution in [-0.2, 0) is 6.40 Å². The molecule has 0 saturated carbocycles. The number of ether oxygens (including phenoxy) is 1. The van der Waals surface area contributed by atoms with E-state index >= 15 is 0 Å². The van der Waals surface area contributed by atoms with Crippen molar-refractivity contribution in [3.63, 3.8) is 0 Å². The van der Waals surface area contributed by atoms with Gasteiger partial charge in [-0.25, -0.2) is 0 Å². The van der Waals surface area contributed by atoms with Gasteiger partial charge in [0.25, 0.3) is 0 Å². The summed E-state index contributed by atoms with van der Waals surface area (Å²) in [7, 11) is 0. The number of benzene rings is 2. The van der Waals surface area contributed by atoms with Crippen molar-refractivity contribution in [2.45, 2.75) is 0 Å². The van der Waals surface area contributed by atoms with Crippen molar-refractivity contribution in [1.29, 1.82) is 0 Å². The third-order valence-corrected chi connectivity index (χ3v) is 9.95. The molecule has 0 spiro atoms. The third kappa shape index (κ3) is 2.28. The van der Waals surface area contributed by atoms with Crippen LogP contribution in [0.25, 0.3) is 0 Å². The van der Waals surface area contributed by atoms with E-state index in [0.29, 0.717) is 0 Å². The number of hydrogen-bond donors (Lipinski definition) is 0. The van der Waals surface area contributed by atoms with Gasteiger partial charge in [0.05, 0.1) is 0 Å². The van der Waals surface area contributed by atoms with Gasteiger partial charge in [0.1, 0.15) is 0 Å². The van der Waals surface area contributed by atoms with Gasteiger partial charge in [-0.15, -0.1) is 0 Å². The summed E-state index contributed by atoms with van der Waals surface area (Å²) in [6, 6.07) is 12.6. The van der Waals surface area contributed by atoms with E-state index in [1.807, 2.05) is 0 Å². The maximum absolute atomic E-state index is 11.0. The van der Waals surface area contributed by atoms with Crippen molar-refractivity contribution in [3.05, 3.63) is 68.8 Å². The first-order valence-electron chi connectivity index (χ1n) is 5.90. The first kappa shape index (κ1) is 14.4. The fourth-order valence-electron chi connectivity index (χ4n) is 2.10. The molecule has 3 rings (SSSR count). The minimum absolute atomic E-state index is 0.220. The molecule has 0 fully saturated rings. The predicted octanol–water partition coefficient (Wildman–Crippen LogP) is 0.765. The van der Waals surface area contributed by atoms with E-state index in [2.05, 4.69) is 0 Å².